The molecule has 0 rings (SSSR count). The monoisotopic (exact) mass is 738 g/mol. The quantitative estimate of drug-likeness (QED) is 0.0469. The highest BCUT2D eigenvalue weighted by atomic mass is 16.3. The molecule has 0 aliphatic heterocycles. The van der Waals surface area contributed by atoms with Crippen molar-refractivity contribution in [3.63, 3.8) is 0 Å². The van der Waals surface area contributed by atoms with E-state index in [1.54, 1.807) is 0 Å². The number of hydrogen-bond donors (Lipinski definition) is 4. The van der Waals surface area contributed by atoms with Crippen molar-refractivity contribution < 1.29 is 20.1 Å². The molecule has 0 spiro atoms. The summed E-state index contributed by atoms with van der Waals surface area (Å²) in [6.07, 6.45) is 49.7. The van der Waals surface area contributed by atoms with Crippen LogP contribution in [-0.2, 0) is 4.79 Å². The first-order valence-corrected chi connectivity index (χ1v) is 23.8. The van der Waals surface area contributed by atoms with Gasteiger partial charge in [0.15, 0.2) is 0 Å². The SMILES string of the molecule is CCCCCCCCCCCCCCCCCCCCCCCCCC(O)C(CO)NC(=O)C(O)CCCCCCCCCCCCCCCCC. The minimum Gasteiger partial charge on any atom is -0.394 e. The van der Waals surface area contributed by atoms with Gasteiger partial charge in [0.2, 0.25) is 5.91 Å². The number of rotatable bonds is 44. The van der Waals surface area contributed by atoms with Crippen molar-refractivity contribution >= 4 is 5.91 Å². The molecular formula is C47H95NO4. The highest BCUT2D eigenvalue weighted by molar-refractivity contribution is 5.80. The summed E-state index contributed by atoms with van der Waals surface area (Å²) in [5, 5.41) is 33.4. The van der Waals surface area contributed by atoms with Crippen molar-refractivity contribution in [2.75, 3.05) is 6.61 Å². The summed E-state index contributed by atoms with van der Waals surface area (Å²) in [5.74, 6) is -0.465. The van der Waals surface area contributed by atoms with Crippen LogP contribution < -0.4 is 5.32 Å². The summed E-state index contributed by atoms with van der Waals surface area (Å²) in [5.41, 5.74) is 0. The van der Waals surface area contributed by atoms with Crippen LogP contribution in [0.2, 0.25) is 0 Å². The molecule has 52 heavy (non-hydrogen) atoms. The molecule has 0 aliphatic rings. The predicted molar refractivity (Wildman–Crippen MR) is 227 cm³/mol. The largest absolute Gasteiger partial charge is 0.394 e. The second kappa shape index (κ2) is 43.1. The lowest BCUT2D eigenvalue weighted by Crippen LogP contribution is -2.49. The number of hydrogen-bond acceptors (Lipinski definition) is 4. The molecule has 312 valence electrons. The lowest BCUT2D eigenvalue weighted by Gasteiger charge is -2.23. The molecule has 1 amide bonds. The molecule has 3 atom stereocenters. The van der Waals surface area contributed by atoms with E-state index in [9.17, 15) is 20.1 Å². The lowest BCUT2D eigenvalue weighted by atomic mass is 10.0. The van der Waals surface area contributed by atoms with E-state index in [1.165, 1.54) is 212 Å². The van der Waals surface area contributed by atoms with Crippen molar-refractivity contribution in [1.82, 2.24) is 5.32 Å². The van der Waals surface area contributed by atoms with E-state index in [0.29, 0.717) is 12.8 Å². The lowest BCUT2D eigenvalue weighted by molar-refractivity contribution is -0.131. The summed E-state index contributed by atoms with van der Waals surface area (Å²) in [6, 6.07) is -0.706. The summed E-state index contributed by atoms with van der Waals surface area (Å²) in [4.78, 5) is 12.5. The molecule has 5 heteroatoms. The van der Waals surface area contributed by atoms with Gasteiger partial charge < -0.3 is 20.6 Å². The van der Waals surface area contributed by atoms with Crippen LogP contribution in [0.1, 0.15) is 271 Å². The van der Waals surface area contributed by atoms with E-state index in [1.807, 2.05) is 0 Å². The van der Waals surface area contributed by atoms with Gasteiger partial charge in [-0.15, -0.1) is 0 Å². The minimum atomic E-state index is -1.07. The van der Waals surface area contributed by atoms with Crippen LogP contribution in [-0.4, -0.2) is 46.1 Å². The molecule has 0 heterocycles. The predicted octanol–water partition coefficient (Wildman–Crippen LogP) is 13.8. The van der Waals surface area contributed by atoms with Gasteiger partial charge in [0, 0.05) is 0 Å². The molecule has 4 N–H and O–H groups in total. The molecule has 0 aromatic rings. The zero-order valence-corrected chi connectivity index (χ0v) is 35.5. The van der Waals surface area contributed by atoms with Crippen LogP contribution in [0.5, 0.6) is 0 Å². The van der Waals surface area contributed by atoms with Crippen LogP contribution in [0, 0.1) is 0 Å². The zero-order valence-electron chi connectivity index (χ0n) is 35.5. The first kappa shape index (κ1) is 51.4. The topological polar surface area (TPSA) is 89.8 Å². The third kappa shape index (κ3) is 37.7. The Labute approximate surface area is 326 Å². The van der Waals surface area contributed by atoms with Crippen molar-refractivity contribution in [2.45, 2.75) is 289 Å². The molecule has 0 aromatic carbocycles. The number of nitrogens with one attached hydrogen (secondary N) is 1. The van der Waals surface area contributed by atoms with Crippen LogP contribution in [0.25, 0.3) is 0 Å². The van der Waals surface area contributed by atoms with E-state index in [-0.39, 0.29) is 6.61 Å². The Morgan fingerprint density at radius 1 is 0.385 bits per heavy atom. The average molecular weight is 738 g/mol. The van der Waals surface area contributed by atoms with Gasteiger partial charge in [0.1, 0.15) is 6.10 Å². The normalized spacial score (nSPS) is 13.4. The Balaban J connectivity index is 3.53. The van der Waals surface area contributed by atoms with E-state index in [2.05, 4.69) is 19.2 Å². The standard InChI is InChI=1S/C47H95NO4/c1-3-5-7-9-11-13-15-17-19-20-21-22-23-24-25-26-28-29-31-33-35-37-39-41-45(50)44(43-49)48-47(52)46(51)42-40-38-36-34-32-30-27-18-16-14-12-10-8-6-4-2/h44-46,49-51H,3-43H2,1-2H3,(H,48,52). The molecule has 0 bridgehead atoms. The Bertz CT molecular complexity index is 688. The molecular weight excluding hydrogens is 643 g/mol. The van der Waals surface area contributed by atoms with Gasteiger partial charge in [-0.05, 0) is 12.8 Å². The number of aliphatic hydroxyl groups is 3. The maximum absolute atomic E-state index is 12.5. The van der Waals surface area contributed by atoms with Gasteiger partial charge in [0.05, 0.1) is 18.8 Å². The summed E-state index contributed by atoms with van der Waals surface area (Å²) < 4.78 is 0. The number of carbonyl (C=O) groups excluding carboxylic acids is 1. The maximum atomic E-state index is 12.5. The van der Waals surface area contributed by atoms with Gasteiger partial charge in [0.25, 0.3) is 0 Å². The van der Waals surface area contributed by atoms with Gasteiger partial charge in [-0.25, -0.2) is 0 Å². The molecule has 0 aromatic heterocycles. The molecule has 0 saturated carbocycles. The smallest absolute Gasteiger partial charge is 0.249 e. The molecule has 0 radical (unpaired) electrons. The third-order valence-electron chi connectivity index (χ3n) is 11.5. The zero-order chi connectivity index (χ0) is 38.0. The van der Waals surface area contributed by atoms with Crippen LogP contribution in [0.3, 0.4) is 0 Å². The van der Waals surface area contributed by atoms with Crippen LogP contribution in [0.15, 0.2) is 0 Å². The number of carbonyl (C=O) groups is 1. The second-order valence-corrected chi connectivity index (χ2v) is 16.7. The Hall–Kier alpha value is -0.650. The van der Waals surface area contributed by atoms with Gasteiger partial charge in [-0.2, -0.15) is 0 Å². The fourth-order valence-corrected chi connectivity index (χ4v) is 7.72. The van der Waals surface area contributed by atoms with E-state index >= 15 is 0 Å². The highest BCUT2D eigenvalue weighted by Crippen LogP contribution is 2.17. The first-order valence-electron chi connectivity index (χ1n) is 23.8. The number of unbranched alkanes of at least 4 members (excludes halogenated alkanes) is 36. The molecule has 3 unspecified atom stereocenters. The minimum absolute atomic E-state index is 0.308. The Morgan fingerprint density at radius 2 is 0.615 bits per heavy atom. The van der Waals surface area contributed by atoms with E-state index < -0.39 is 24.2 Å². The molecule has 0 fully saturated rings. The van der Waals surface area contributed by atoms with Crippen LogP contribution in [0.4, 0.5) is 0 Å². The van der Waals surface area contributed by atoms with Gasteiger partial charge in [-0.1, -0.05) is 258 Å². The Morgan fingerprint density at radius 3 is 0.865 bits per heavy atom. The van der Waals surface area contributed by atoms with Crippen molar-refractivity contribution in [3.05, 3.63) is 0 Å². The molecule has 5 nitrogen and oxygen atoms in total. The van der Waals surface area contributed by atoms with E-state index in [4.69, 9.17) is 0 Å². The number of aliphatic hydroxyl groups excluding tert-OH is 3. The molecule has 0 saturated heterocycles. The van der Waals surface area contributed by atoms with Crippen LogP contribution >= 0.6 is 0 Å². The fraction of sp³-hybridized carbons (Fsp3) is 0.979. The highest BCUT2D eigenvalue weighted by Gasteiger charge is 2.23. The first-order chi connectivity index (χ1) is 25.6. The fourth-order valence-electron chi connectivity index (χ4n) is 7.72. The third-order valence-corrected chi connectivity index (χ3v) is 11.5. The maximum Gasteiger partial charge on any atom is 0.249 e. The van der Waals surface area contributed by atoms with Gasteiger partial charge >= 0.3 is 0 Å². The van der Waals surface area contributed by atoms with Crippen molar-refractivity contribution in [1.29, 1.82) is 0 Å². The van der Waals surface area contributed by atoms with Crippen molar-refractivity contribution in [3.8, 4) is 0 Å². The van der Waals surface area contributed by atoms with Crippen molar-refractivity contribution in [2.24, 2.45) is 0 Å². The summed E-state index contributed by atoms with van der Waals surface area (Å²) >= 11 is 0. The average Bonchev–Trinajstić information content (AvgIpc) is 3.15. The summed E-state index contributed by atoms with van der Waals surface area (Å²) in [6.45, 7) is 4.26. The summed E-state index contributed by atoms with van der Waals surface area (Å²) in [7, 11) is 0. The number of amides is 1. The Kier molecular flexibility index (Phi) is 42.5. The van der Waals surface area contributed by atoms with Gasteiger partial charge in [-0.3, -0.25) is 4.79 Å². The van der Waals surface area contributed by atoms with E-state index in [0.717, 1.165) is 32.1 Å². The second-order valence-electron chi connectivity index (χ2n) is 16.7. The molecule has 0 aliphatic carbocycles.